The summed E-state index contributed by atoms with van der Waals surface area (Å²) in [5, 5.41) is 7.02. The minimum absolute atomic E-state index is 0.0158. The molecule has 0 saturated carbocycles. The minimum atomic E-state index is -0.256. The van der Waals surface area contributed by atoms with Gasteiger partial charge in [-0.2, -0.15) is 0 Å². The van der Waals surface area contributed by atoms with Crippen LogP contribution in [0.25, 0.3) is 10.9 Å². The van der Waals surface area contributed by atoms with Crippen LogP contribution in [0.4, 0.5) is 11.4 Å². The summed E-state index contributed by atoms with van der Waals surface area (Å²) in [5.74, 6) is -0.167. The van der Waals surface area contributed by atoms with Crippen molar-refractivity contribution in [2.75, 3.05) is 16.8 Å². The first kappa shape index (κ1) is 16.7. The van der Waals surface area contributed by atoms with Crippen LogP contribution in [0, 0.1) is 6.92 Å². The third-order valence-electron chi connectivity index (χ3n) is 5.51. The van der Waals surface area contributed by atoms with Crippen LogP contribution in [0.1, 0.15) is 22.5 Å². The lowest BCUT2D eigenvalue weighted by molar-refractivity contribution is -0.117. The Bertz CT molecular complexity index is 1110. The Morgan fingerprint density at radius 3 is 2.89 bits per heavy atom. The van der Waals surface area contributed by atoms with Gasteiger partial charge in [0, 0.05) is 23.7 Å². The predicted molar refractivity (Wildman–Crippen MR) is 109 cm³/mol. The molecule has 2 aromatic carbocycles. The van der Waals surface area contributed by atoms with Gasteiger partial charge in [0.1, 0.15) is 6.04 Å². The first-order chi connectivity index (χ1) is 13.6. The summed E-state index contributed by atoms with van der Waals surface area (Å²) < 4.78 is 0. The van der Waals surface area contributed by atoms with Crippen LogP contribution in [-0.2, 0) is 4.79 Å². The summed E-state index contributed by atoms with van der Waals surface area (Å²) in [5.41, 5.74) is 3.98. The standard InChI is InChI=1S/C22H20N4O2/c1-13-9-10-14-5-4-6-16(20(14)23-13)21(27)24-15-11-19-22(28)25-17-7-2-3-8-18(17)26(19)12-15/h2-10,15,19H,11-12H2,1H3,(H,24,27)(H,25,28). The number of para-hydroxylation sites is 3. The van der Waals surface area contributed by atoms with Gasteiger partial charge in [0.25, 0.3) is 5.91 Å². The third-order valence-corrected chi connectivity index (χ3v) is 5.51. The molecule has 3 heterocycles. The van der Waals surface area contributed by atoms with Crippen molar-refractivity contribution in [3.8, 4) is 0 Å². The molecule has 0 radical (unpaired) electrons. The number of carbonyl (C=O) groups excluding carboxylic acids is 2. The zero-order valence-corrected chi connectivity index (χ0v) is 15.5. The largest absolute Gasteiger partial charge is 0.356 e. The molecular formula is C22H20N4O2. The number of carbonyl (C=O) groups is 2. The number of aryl methyl sites for hydroxylation is 1. The van der Waals surface area contributed by atoms with E-state index in [2.05, 4.69) is 20.5 Å². The number of hydrogen-bond acceptors (Lipinski definition) is 4. The number of hydrogen-bond donors (Lipinski definition) is 2. The van der Waals surface area contributed by atoms with Crippen LogP contribution in [0.15, 0.2) is 54.6 Å². The number of benzene rings is 2. The maximum atomic E-state index is 13.0. The molecule has 2 aliphatic heterocycles. The summed E-state index contributed by atoms with van der Waals surface area (Å²) >= 11 is 0. The number of pyridine rings is 1. The number of amides is 2. The highest BCUT2D eigenvalue weighted by Gasteiger charge is 2.41. The Balaban J connectivity index is 1.41. The number of fused-ring (bicyclic) bond motifs is 4. The van der Waals surface area contributed by atoms with E-state index in [-0.39, 0.29) is 23.9 Å². The molecule has 0 aliphatic carbocycles. The molecule has 5 rings (SSSR count). The van der Waals surface area contributed by atoms with Gasteiger partial charge in [0.2, 0.25) is 5.91 Å². The molecule has 2 aliphatic rings. The summed E-state index contributed by atoms with van der Waals surface area (Å²) in [4.78, 5) is 32.1. The molecule has 2 N–H and O–H groups in total. The fourth-order valence-electron chi connectivity index (χ4n) is 4.19. The van der Waals surface area contributed by atoms with E-state index in [0.717, 1.165) is 22.5 Å². The molecule has 2 atom stereocenters. The van der Waals surface area contributed by atoms with Gasteiger partial charge in [-0.1, -0.05) is 30.3 Å². The van der Waals surface area contributed by atoms with Crippen molar-refractivity contribution in [2.45, 2.75) is 25.4 Å². The molecule has 2 amide bonds. The van der Waals surface area contributed by atoms with Crippen LogP contribution in [-0.4, -0.2) is 35.4 Å². The summed E-state index contributed by atoms with van der Waals surface area (Å²) in [6, 6.07) is 17.0. The van der Waals surface area contributed by atoms with Crippen molar-refractivity contribution in [1.82, 2.24) is 10.3 Å². The second kappa shape index (κ2) is 6.34. The number of nitrogens with one attached hydrogen (secondary N) is 2. The SMILES string of the molecule is Cc1ccc2cccc(C(=O)NC3CC4C(=O)Nc5ccccc5N4C3)c2n1. The zero-order valence-electron chi connectivity index (χ0n) is 15.5. The molecule has 1 aromatic heterocycles. The van der Waals surface area contributed by atoms with E-state index in [1.807, 2.05) is 55.5 Å². The molecule has 0 spiro atoms. The lowest BCUT2D eigenvalue weighted by Crippen LogP contribution is -2.44. The molecule has 1 fully saturated rings. The second-order valence-corrected chi connectivity index (χ2v) is 7.41. The zero-order chi connectivity index (χ0) is 19.3. The number of rotatable bonds is 2. The predicted octanol–water partition coefficient (Wildman–Crippen LogP) is 2.87. The first-order valence-corrected chi connectivity index (χ1v) is 9.44. The van der Waals surface area contributed by atoms with Crippen molar-refractivity contribution >= 4 is 34.1 Å². The molecule has 0 bridgehead atoms. The first-order valence-electron chi connectivity index (χ1n) is 9.44. The normalized spacial score (nSPS) is 20.5. The van der Waals surface area contributed by atoms with Crippen LogP contribution >= 0.6 is 0 Å². The lowest BCUT2D eigenvalue weighted by atomic mass is 10.1. The highest BCUT2D eigenvalue weighted by atomic mass is 16.2. The fourth-order valence-corrected chi connectivity index (χ4v) is 4.19. The molecular weight excluding hydrogens is 352 g/mol. The Morgan fingerprint density at radius 1 is 1.14 bits per heavy atom. The van der Waals surface area contributed by atoms with Crippen molar-refractivity contribution < 1.29 is 9.59 Å². The topological polar surface area (TPSA) is 74.3 Å². The van der Waals surface area contributed by atoms with Crippen molar-refractivity contribution in [1.29, 1.82) is 0 Å². The lowest BCUT2D eigenvalue weighted by Gasteiger charge is -2.32. The van der Waals surface area contributed by atoms with Crippen LogP contribution in [0.5, 0.6) is 0 Å². The van der Waals surface area contributed by atoms with Gasteiger partial charge in [-0.3, -0.25) is 14.6 Å². The molecule has 6 heteroatoms. The van der Waals surface area contributed by atoms with Gasteiger partial charge < -0.3 is 15.5 Å². The van der Waals surface area contributed by atoms with E-state index in [1.54, 1.807) is 6.07 Å². The quantitative estimate of drug-likeness (QED) is 0.725. The van der Waals surface area contributed by atoms with E-state index in [9.17, 15) is 9.59 Å². The molecule has 140 valence electrons. The number of anilines is 2. The summed E-state index contributed by atoms with van der Waals surface area (Å²) in [6.07, 6.45) is 0.586. The van der Waals surface area contributed by atoms with Gasteiger partial charge >= 0.3 is 0 Å². The van der Waals surface area contributed by atoms with E-state index in [0.29, 0.717) is 24.0 Å². The Morgan fingerprint density at radius 2 is 2.00 bits per heavy atom. The van der Waals surface area contributed by atoms with E-state index >= 15 is 0 Å². The summed E-state index contributed by atoms with van der Waals surface area (Å²) in [6.45, 7) is 2.52. The maximum absolute atomic E-state index is 13.0. The second-order valence-electron chi connectivity index (χ2n) is 7.41. The Kier molecular flexibility index (Phi) is 3.79. The molecule has 1 saturated heterocycles. The van der Waals surface area contributed by atoms with Crippen molar-refractivity contribution in [3.63, 3.8) is 0 Å². The minimum Gasteiger partial charge on any atom is -0.356 e. The van der Waals surface area contributed by atoms with Crippen molar-refractivity contribution in [2.24, 2.45) is 0 Å². The monoisotopic (exact) mass is 372 g/mol. The molecule has 28 heavy (non-hydrogen) atoms. The molecule has 2 unspecified atom stereocenters. The summed E-state index contributed by atoms with van der Waals surface area (Å²) in [7, 11) is 0. The number of aromatic nitrogens is 1. The average Bonchev–Trinajstić information content (AvgIpc) is 3.12. The Labute approximate surface area is 162 Å². The van der Waals surface area contributed by atoms with Gasteiger partial charge in [-0.25, -0.2) is 0 Å². The van der Waals surface area contributed by atoms with E-state index < -0.39 is 0 Å². The van der Waals surface area contributed by atoms with Crippen LogP contribution in [0.2, 0.25) is 0 Å². The van der Waals surface area contributed by atoms with Gasteiger partial charge in [-0.05, 0) is 37.6 Å². The van der Waals surface area contributed by atoms with Crippen LogP contribution in [0.3, 0.4) is 0 Å². The molecule has 3 aromatic rings. The van der Waals surface area contributed by atoms with Gasteiger partial charge in [-0.15, -0.1) is 0 Å². The van der Waals surface area contributed by atoms with Crippen LogP contribution < -0.4 is 15.5 Å². The van der Waals surface area contributed by atoms with Gasteiger partial charge in [0.15, 0.2) is 0 Å². The van der Waals surface area contributed by atoms with Gasteiger partial charge in [0.05, 0.1) is 22.5 Å². The maximum Gasteiger partial charge on any atom is 0.253 e. The van der Waals surface area contributed by atoms with E-state index in [4.69, 9.17) is 0 Å². The third kappa shape index (κ3) is 2.69. The van der Waals surface area contributed by atoms with Crippen molar-refractivity contribution in [3.05, 3.63) is 65.9 Å². The van der Waals surface area contributed by atoms with E-state index in [1.165, 1.54) is 0 Å². The highest BCUT2D eigenvalue weighted by molar-refractivity contribution is 6.06. The molecule has 6 nitrogen and oxygen atoms in total. The highest BCUT2D eigenvalue weighted by Crippen LogP contribution is 2.36. The average molecular weight is 372 g/mol. The fraction of sp³-hybridized carbons (Fsp3) is 0.227. The smallest absolute Gasteiger partial charge is 0.253 e. The Hall–Kier alpha value is -3.41. The number of nitrogens with zero attached hydrogens (tertiary/aromatic N) is 2.